The number of para-hydroxylation sites is 1. The molecular weight excluding hydrogens is 292 g/mol. The average Bonchev–Trinajstić information content (AvgIpc) is 2.89. The Morgan fingerprint density at radius 2 is 1.89 bits per heavy atom. The van der Waals surface area contributed by atoms with Crippen molar-refractivity contribution >= 4 is 15.9 Å². The maximum atomic E-state index is 4.34. The molecule has 5 heteroatoms. The first-order valence-corrected chi connectivity index (χ1v) is 6.21. The molecule has 0 saturated carbocycles. The van der Waals surface area contributed by atoms with Gasteiger partial charge in [-0.3, -0.25) is 0 Å². The Morgan fingerprint density at radius 3 is 2.67 bits per heavy atom. The number of benzene rings is 1. The van der Waals surface area contributed by atoms with Crippen molar-refractivity contribution in [2.45, 2.75) is 0 Å². The van der Waals surface area contributed by atoms with Crippen LogP contribution in [0.5, 0.6) is 0 Å². The van der Waals surface area contributed by atoms with Crippen molar-refractivity contribution in [2.24, 2.45) is 0 Å². The molecule has 4 nitrogen and oxygen atoms in total. The van der Waals surface area contributed by atoms with Gasteiger partial charge < -0.3 is 0 Å². The Balaban J connectivity index is 2.16. The maximum Gasteiger partial charge on any atom is 0.118 e. The lowest BCUT2D eigenvalue weighted by Gasteiger charge is -2.07. The Hall–Kier alpha value is -2.01. The molecule has 18 heavy (non-hydrogen) atoms. The summed E-state index contributed by atoms with van der Waals surface area (Å²) in [5.41, 5.74) is 2.88. The average molecular weight is 301 g/mol. The summed E-state index contributed by atoms with van der Waals surface area (Å²) >= 11 is 3.43. The monoisotopic (exact) mass is 300 g/mol. The van der Waals surface area contributed by atoms with E-state index in [-0.39, 0.29) is 0 Å². The first-order valence-electron chi connectivity index (χ1n) is 5.41. The van der Waals surface area contributed by atoms with Crippen molar-refractivity contribution in [1.29, 1.82) is 0 Å². The van der Waals surface area contributed by atoms with Gasteiger partial charge in [0, 0.05) is 6.20 Å². The minimum absolute atomic E-state index is 0.759. The number of aromatic nitrogens is 4. The zero-order valence-electron chi connectivity index (χ0n) is 9.36. The molecule has 88 valence electrons. The summed E-state index contributed by atoms with van der Waals surface area (Å²) in [5.74, 6) is 0. The number of rotatable bonds is 2. The molecule has 0 aliphatic heterocycles. The second kappa shape index (κ2) is 4.70. The van der Waals surface area contributed by atoms with Crippen LogP contribution in [-0.2, 0) is 0 Å². The highest BCUT2D eigenvalue weighted by Gasteiger charge is 2.10. The van der Waals surface area contributed by atoms with Crippen LogP contribution in [-0.4, -0.2) is 19.7 Å². The number of hydrogen-bond acceptors (Lipinski definition) is 3. The van der Waals surface area contributed by atoms with Crippen LogP contribution in [0.15, 0.2) is 59.7 Å². The summed E-state index contributed by atoms with van der Waals surface area (Å²) < 4.78 is 2.62. The van der Waals surface area contributed by atoms with Gasteiger partial charge in [0.2, 0.25) is 0 Å². The highest BCUT2D eigenvalue weighted by molar-refractivity contribution is 9.10. The Bertz CT molecular complexity index is 664. The standard InChI is InChI=1S/C13H9BrN4/c14-13-11(8-15-9-16-13)12-6-7-17-18(12)10-4-2-1-3-5-10/h1-9H. The summed E-state index contributed by atoms with van der Waals surface area (Å²) in [6, 6.07) is 11.9. The lowest BCUT2D eigenvalue weighted by atomic mass is 10.2. The summed E-state index contributed by atoms with van der Waals surface area (Å²) in [4.78, 5) is 8.19. The van der Waals surface area contributed by atoms with Crippen LogP contribution in [0.2, 0.25) is 0 Å². The summed E-state index contributed by atoms with van der Waals surface area (Å²) in [5, 5.41) is 4.34. The van der Waals surface area contributed by atoms with Gasteiger partial charge in [-0.15, -0.1) is 0 Å². The van der Waals surface area contributed by atoms with E-state index >= 15 is 0 Å². The van der Waals surface area contributed by atoms with Crippen molar-refractivity contribution < 1.29 is 0 Å². The topological polar surface area (TPSA) is 43.6 Å². The van der Waals surface area contributed by atoms with E-state index in [2.05, 4.69) is 31.0 Å². The number of hydrogen-bond donors (Lipinski definition) is 0. The number of nitrogens with zero attached hydrogens (tertiary/aromatic N) is 4. The third-order valence-corrected chi connectivity index (χ3v) is 3.21. The van der Waals surface area contributed by atoms with Crippen LogP contribution >= 0.6 is 15.9 Å². The molecule has 0 bridgehead atoms. The van der Waals surface area contributed by atoms with Crippen LogP contribution in [0.3, 0.4) is 0 Å². The largest absolute Gasteiger partial charge is 0.244 e. The predicted octanol–water partition coefficient (Wildman–Crippen LogP) is 3.09. The first-order chi connectivity index (χ1) is 8.86. The van der Waals surface area contributed by atoms with Crippen molar-refractivity contribution in [3.05, 3.63) is 59.7 Å². The fourth-order valence-corrected chi connectivity index (χ4v) is 2.17. The molecule has 0 aliphatic rings. The van der Waals surface area contributed by atoms with E-state index < -0.39 is 0 Å². The molecule has 0 spiro atoms. The van der Waals surface area contributed by atoms with E-state index in [9.17, 15) is 0 Å². The lowest BCUT2D eigenvalue weighted by molar-refractivity contribution is 0.885. The first kappa shape index (κ1) is 11.1. The molecule has 1 aromatic carbocycles. The van der Waals surface area contributed by atoms with Crippen molar-refractivity contribution in [3.63, 3.8) is 0 Å². The zero-order valence-corrected chi connectivity index (χ0v) is 10.9. The maximum absolute atomic E-state index is 4.34. The van der Waals surface area contributed by atoms with E-state index in [0.29, 0.717) is 0 Å². The molecule has 0 atom stereocenters. The molecule has 2 heterocycles. The van der Waals surface area contributed by atoms with E-state index in [4.69, 9.17) is 0 Å². The van der Waals surface area contributed by atoms with Crippen LogP contribution in [0.4, 0.5) is 0 Å². The molecule has 0 aliphatic carbocycles. The van der Waals surface area contributed by atoms with Gasteiger partial charge in [0.15, 0.2) is 0 Å². The van der Waals surface area contributed by atoms with Gasteiger partial charge in [0.1, 0.15) is 10.9 Å². The van der Waals surface area contributed by atoms with Crippen molar-refractivity contribution in [3.8, 4) is 16.9 Å². The van der Waals surface area contributed by atoms with Gasteiger partial charge in [0.25, 0.3) is 0 Å². The molecule has 0 saturated heterocycles. The molecule has 0 radical (unpaired) electrons. The fraction of sp³-hybridized carbons (Fsp3) is 0. The van der Waals surface area contributed by atoms with Crippen molar-refractivity contribution in [2.75, 3.05) is 0 Å². The Labute approximate surface area is 112 Å². The molecule has 0 amide bonds. The fourth-order valence-electron chi connectivity index (χ4n) is 1.77. The highest BCUT2D eigenvalue weighted by atomic mass is 79.9. The van der Waals surface area contributed by atoms with Gasteiger partial charge in [0.05, 0.1) is 23.1 Å². The summed E-state index contributed by atoms with van der Waals surface area (Å²) in [6.07, 6.45) is 5.05. The molecule has 0 unspecified atom stereocenters. The second-order valence-corrected chi connectivity index (χ2v) is 4.44. The van der Waals surface area contributed by atoms with Gasteiger partial charge in [-0.05, 0) is 34.1 Å². The van der Waals surface area contributed by atoms with Crippen LogP contribution in [0.25, 0.3) is 16.9 Å². The van der Waals surface area contributed by atoms with Crippen LogP contribution in [0, 0.1) is 0 Å². The molecule has 3 aromatic rings. The summed E-state index contributed by atoms with van der Waals surface area (Å²) in [6.45, 7) is 0. The Morgan fingerprint density at radius 1 is 1.06 bits per heavy atom. The van der Waals surface area contributed by atoms with E-state index in [1.54, 1.807) is 12.4 Å². The van der Waals surface area contributed by atoms with Crippen molar-refractivity contribution in [1.82, 2.24) is 19.7 Å². The predicted molar refractivity (Wildman–Crippen MR) is 72.3 cm³/mol. The molecule has 0 fully saturated rings. The minimum Gasteiger partial charge on any atom is -0.244 e. The molecule has 0 N–H and O–H groups in total. The van der Waals surface area contributed by atoms with Gasteiger partial charge in [-0.2, -0.15) is 5.10 Å². The van der Waals surface area contributed by atoms with E-state index in [1.165, 1.54) is 6.33 Å². The highest BCUT2D eigenvalue weighted by Crippen LogP contribution is 2.26. The normalized spacial score (nSPS) is 10.5. The van der Waals surface area contributed by atoms with Crippen LogP contribution in [0.1, 0.15) is 0 Å². The second-order valence-electron chi connectivity index (χ2n) is 3.69. The van der Waals surface area contributed by atoms with Gasteiger partial charge >= 0.3 is 0 Å². The minimum atomic E-state index is 0.759. The molecule has 2 aromatic heterocycles. The Kier molecular flexibility index (Phi) is 2.90. The quantitative estimate of drug-likeness (QED) is 0.683. The van der Waals surface area contributed by atoms with E-state index in [0.717, 1.165) is 21.5 Å². The molecule has 3 rings (SSSR count). The van der Waals surface area contributed by atoms with Crippen LogP contribution < -0.4 is 0 Å². The SMILES string of the molecule is Brc1ncncc1-c1ccnn1-c1ccccc1. The third kappa shape index (κ3) is 1.93. The van der Waals surface area contributed by atoms with Gasteiger partial charge in [-0.25, -0.2) is 14.6 Å². The third-order valence-electron chi connectivity index (χ3n) is 2.58. The zero-order chi connectivity index (χ0) is 12.4. The lowest BCUT2D eigenvalue weighted by Crippen LogP contribution is -1.99. The summed E-state index contributed by atoms with van der Waals surface area (Å²) in [7, 11) is 0. The smallest absolute Gasteiger partial charge is 0.118 e. The number of halogens is 1. The van der Waals surface area contributed by atoms with E-state index in [1.807, 2.05) is 41.1 Å². The molecular formula is C13H9BrN4. The van der Waals surface area contributed by atoms with Gasteiger partial charge in [-0.1, -0.05) is 18.2 Å².